The lowest BCUT2D eigenvalue weighted by Gasteiger charge is -2.20. The summed E-state index contributed by atoms with van der Waals surface area (Å²) in [6, 6.07) is 7.60. The maximum atomic E-state index is 12.0. The highest BCUT2D eigenvalue weighted by molar-refractivity contribution is 7.13. The average molecular weight is 361 g/mol. The third-order valence-corrected chi connectivity index (χ3v) is 4.13. The molecule has 1 aromatic heterocycles. The van der Waals surface area contributed by atoms with Crippen molar-refractivity contribution in [3.8, 4) is 16.3 Å². The molecule has 7 heteroatoms. The fourth-order valence-electron chi connectivity index (χ4n) is 2.12. The molecule has 0 atom stereocenters. The lowest BCUT2D eigenvalue weighted by atomic mass is 10.1. The summed E-state index contributed by atoms with van der Waals surface area (Å²) in [5.41, 5.74) is 1.34. The number of thiazole rings is 1. The van der Waals surface area contributed by atoms with Gasteiger partial charge < -0.3 is 15.4 Å². The standard InChI is InChI=1S/C18H23N3O3S/c1-18(2,3)21-16(23)10-19-15(22)9-13-11-25-17(20-13)12-5-7-14(24-4)8-6-12/h5-8,11H,9-10H2,1-4H3,(H,19,22)(H,21,23). The van der Waals surface area contributed by atoms with Crippen molar-refractivity contribution in [3.63, 3.8) is 0 Å². The van der Waals surface area contributed by atoms with Crippen LogP contribution >= 0.6 is 11.3 Å². The SMILES string of the molecule is COc1ccc(-c2nc(CC(=O)NCC(=O)NC(C)(C)C)cs2)cc1. The van der Waals surface area contributed by atoms with Gasteiger partial charge in [0.2, 0.25) is 11.8 Å². The molecule has 0 aliphatic carbocycles. The molecule has 2 rings (SSSR count). The Balaban J connectivity index is 1.87. The molecule has 0 bridgehead atoms. The summed E-state index contributed by atoms with van der Waals surface area (Å²) in [5, 5.41) is 8.11. The van der Waals surface area contributed by atoms with Crippen LogP contribution in [0.2, 0.25) is 0 Å². The zero-order valence-corrected chi connectivity index (χ0v) is 15.7. The van der Waals surface area contributed by atoms with Crippen LogP contribution in [0.4, 0.5) is 0 Å². The van der Waals surface area contributed by atoms with Gasteiger partial charge in [0, 0.05) is 16.5 Å². The lowest BCUT2D eigenvalue weighted by Crippen LogP contribution is -2.46. The van der Waals surface area contributed by atoms with Crippen molar-refractivity contribution >= 4 is 23.2 Å². The van der Waals surface area contributed by atoms with E-state index in [2.05, 4.69) is 15.6 Å². The Hall–Kier alpha value is -2.41. The van der Waals surface area contributed by atoms with Crippen LogP contribution in [0.5, 0.6) is 5.75 Å². The predicted octanol–water partition coefficient (Wildman–Crippen LogP) is 2.39. The first kappa shape index (κ1) is 18.9. The van der Waals surface area contributed by atoms with Gasteiger partial charge >= 0.3 is 0 Å². The van der Waals surface area contributed by atoms with Crippen molar-refractivity contribution in [1.29, 1.82) is 0 Å². The Kier molecular flexibility index (Phi) is 6.14. The first-order chi connectivity index (χ1) is 11.8. The molecular weight excluding hydrogens is 338 g/mol. The molecule has 2 amide bonds. The van der Waals surface area contributed by atoms with Crippen molar-refractivity contribution < 1.29 is 14.3 Å². The molecule has 1 aromatic carbocycles. The lowest BCUT2D eigenvalue weighted by molar-refractivity contribution is -0.126. The molecular formula is C18H23N3O3S. The summed E-state index contributed by atoms with van der Waals surface area (Å²) in [5.74, 6) is 0.349. The van der Waals surface area contributed by atoms with Crippen LogP contribution in [0.3, 0.4) is 0 Å². The molecule has 0 radical (unpaired) electrons. The number of hydrogen-bond acceptors (Lipinski definition) is 5. The predicted molar refractivity (Wildman–Crippen MR) is 98.7 cm³/mol. The van der Waals surface area contributed by atoms with Gasteiger partial charge in [0.25, 0.3) is 0 Å². The number of benzene rings is 1. The molecule has 0 fully saturated rings. The second-order valence-electron chi connectivity index (χ2n) is 6.62. The Morgan fingerprint density at radius 2 is 1.84 bits per heavy atom. The molecule has 2 aromatic rings. The van der Waals surface area contributed by atoms with Crippen LogP contribution in [0.15, 0.2) is 29.6 Å². The average Bonchev–Trinajstić information content (AvgIpc) is 3.00. The number of hydrogen-bond donors (Lipinski definition) is 2. The molecule has 0 saturated heterocycles. The second kappa shape index (κ2) is 8.11. The van der Waals surface area contributed by atoms with E-state index >= 15 is 0 Å². The van der Waals surface area contributed by atoms with Gasteiger partial charge in [0.05, 0.1) is 25.8 Å². The summed E-state index contributed by atoms with van der Waals surface area (Å²) in [6.45, 7) is 5.64. The maximum Gasteiger partial charge on any atom is 0.239 e. The minimum absolute atomic E-state index is 0.0361. The normalized spacial score (nSPS) is 11.0. The minimum Gasteiger partial charge on any atom is -0.497 e. The van der Waals surface area contributed by atoms with Gasteiger partial charge in [-0.25, -0.2) is 4.98 Å². The van der Waals surface area contributed by atoms with Gasteiger partial charge in [-0.15, -0.1) is 11.3 Å². The van der Waals surface area contributed by atoms with Crippen LogP contribution in [0, 0.1) is 0 Å². The van der Waals surface area contributed by atoms with Gasteiger partial charge in [-0.3, -0.25) is 9.59 Å². The van der Waals surface area contributed by atoms with Crippen molar-refractivity contribution in [2.45, 2.75) is 32.7 Å². The van der Waals surface area contributed by atoms with E-state index in [-0.39, 0.29) is 30.3 Å². The number of rotatable bonds is 6. The van der Waals surface area contributed by atoms with Gasteiger partial charge in [-0.2, -0.15) is 0 Å². The second-order valence-corrected chi connectivity index (χ2v) is 7.48. The van der Waals surface area contributed by atoms with Crippen LogP contribution in [0.25, 0.3) is 10.6 Å². The number of nitrogens with zero attached hydrogens (tertiary/aromatic N) is 1. The van der Waals surface area contributed by atoms with E-state index in [9.17, 15) is 9.59 Å². The van der Waals surface area contributed by atoms with E-state index in [1.165, 1.54) is 11.3 Å². The summed E-state index contributed by atoms with van der Waals surface area (Å²) in [6.07, 6.45) is 0.148. The van der Waals surface area contributed by atoms with Crippen LogP contribution in [-0.2, 0) is 16.0 Å². The Bertz CT molecular complexity index is 733. The highest BCUT2D eigenvalue weighted by Gasteiger charge is 2.15. The van der Waals surface area contributed by atoms with E-state index in [4.69, 9.17) is 4.74 Å². The fraction of sp³-hybridized carbons (Fsp3) is 0.389. The Labute approximate surface area is 151 Å². The minimum atomic E-state index is -0.315. The van der Waals surface area contributed by atoms with E-state index in [1.54, 1.807) is 7.11 Å². The largest absolute Gasteiger partial charge is 0.497 e. The van der Waals surface area contributed by atoms with E-state index in [0.29, 0.717) is 5.69 Å². The number of nitrogens with one attached hydrogen (secondary N) is 2. The monoisotopic (exact) mass is 361 g/mol. The third kappa shape index (κ3) is 6.19. The Morgan fingerprint density at radius 1 is 1.16 bits per heavy atom. The summed E-state index contributed by atoms with van der Waals surface area (Å²) in [4.78, 5) is 28.2. The maximum absolute atomic E-state index is 12.0. The number of ether oxygens (including phenoxy) is 1. The summed E-state index contributed by atoms with van der Waals surface area (Å²) in [7, 11) is 1.62. The molecule has 25 heavy (non-hydrogen) atoms. The molecule has 1 heterocycles. The summed E-state index contributed by atoms with van der Waals surface area (Å²) >= 11 is 1.48. The molecule has 0 saturated carbocycles. The first-order valence-corrected chi connectivity index (χ1v) is 8.81. The number of carbonyl (C=O) groups excluding carboxylic acids is 2. The van der Waals surface area contributed by atoms with Crippen LogP contribution < -0.4 is 15.4 Å². The zero-order chi connectivity index (χ0) is 18.4. The van der Waals surface area contributed by atoms with Crippen LogP contribution in [-0.4, -0.2) is 36.0 Å². The molecule has 0 aliphatic heterocycles. The van der Waals surface area contributed by atoms with E-state index in [1.807, 2.05) is 50.4 Å². The summed E-state index contributed by atoms with van der Waals surface area (Å²) < 4.78 is 5.14. The first-order valence-electron chi connectivity index (χ1n) is 7.93. The number of methoxy groups -OCH3 is 1. The van der Waals surface area contributed by atoms with Crippen molar-refractivity contribution in [2.24, 2.45) is 0 Å². The highest BCUT2D eigenvalue weighted by atomic mass is 32.1. The topological polar surface area (TPSA) is 80.3 Å². The number of aromatic nitrogens is 1. The molecule has 0 unspecified atom stereocenters. The third-order valence-electron chi connectivity index (χ3n) is 3.19. The van der Waals surface area contributed by atoms with E-state index < -0.39 is 0 Å². The number of amides is 2. The van der Waals surface area contributed by atoms with Gasteiger partial charge in [0.15, 0.2) is 0 Å². The van der Waals surface area contributed by atoms with Crippen molar-refractivity contribution in [1.82, 2.24) is 15.6 Å². The van der Waals surface area contributed by atoms with Crippen LogP contribution in [0.1, 0.15) is 26.5 Å². The van der Waals surface area contributed by atoms with Crippen molar-refractivity contribution in [3.05, 3.63) is 35.3 Å². The zero-order valence-electron chi connectivity index (χ0n) is 14.9. The fourth-order valence-corrected chi connectivity index (χ4v) is 2.95. The molecule has 134 valence electrons. The van der Waals surface area contributed by atoms with Gasteiger partial charge in [-0.1, -0.05) is 0 Å². The highest BCUT2D eigenvalue weighted by Crippen LogP contribution is 2.25. The van der Waals surface area contributed by atoms with E-state index in [0.717, 1.165) is 16.3 Å². The van der Waals surface area contributed by atoms with Gasteiger partial charge in [0.1, 0.15) is 10.8 Å². The smallest absolute Gasteiger partial charge is 0.239 e. The van der Waals surface area contributed by atoms with Crippen molar-refractivity contribution in [2.75, 3.05) is 13.7 Å². The molecule has 2 N–H and O–H groups in total. The molecule has 6 nitrogen and oxygen atoms in total. The Morgan fingerprint density at radius 3 is 2.44 bits per heavy atom. The molecule has 0 aliphatic rings. The molecule has 0 spiro atoms. The van der Waals surface area contributed by atoms with Gasteiger partial charge in [-0.05, 0) is 45.0 Å². The quantitative estimate of drug-likeness (QED) is 0.828. The number of carbonyl (C=O) groups is 2.